The predicted molar refractivity (Wildman–Crippen MR) is 71.4 cm³/mol. The normalized spacial score (nSPS) is 14.8. The third-order valence-corrected chi connectivity index (χ3v) is 3.52. The second-order valence-corrected chi connectivity index (χ2v) is 5.08. The van der Waals surface area contributed by atoms with E-state index < -0.39 is 5.97 Å². The van der Waals surface area contributed by atoms with Gasteiger partial charge in [0, 0.05) is 19.8 Å². The molecule has 19 heavy (non-hydrogen) atoms. The minimum absolute atomic E-state index is 0.212. The predicted octanol–water partition coefficient (Wildman–Crippen LogP) is 1.80. The number of rotatable bonds is 4. The first-order valence-electron chi connectivity index (χ1n) is 6.37. The number of nitrogens with one attached hydrogen (secondary N) is 1. The summed E-state index contributed by atoms with van der Waals surface area (Å²) in [6, 6.07) is 0. The minimum atomic E-state index is -0.962. The zero-order chi connectivity index (χ0) is 13.6. The van der Waals surface area contributed by atoms with Gasteiger partial charge in [0.2, 0.25) is 0 Å². The fourth-order valence-corrected chi connectivity index (χ4v) is 2.33. The van der Waals surface area contributed by atoms with Crippen molar-refractivity contribution in [2.24, 2.45) is 13.0 Å². The molecule has 100 valence electrons. The minimum Gasteiger partial charge on any atom is -0.478 e. The number of hydrogen-bond donors (Lipinski definition) is 2. The van der Waals surface area contributed by atoms with Crippen LogP contribution in [0.25, 0.3) is 11.0 Å². The molecule has 0 aromatic carbocycles. The smallest absolute Gasteiger partial charge is 0.339 e. The van der Waals surface area contributed by atoms with Crippen LogP contribution in [0.3, 0.4) is 0 Å². The van der Waals surface area contributed by atoms with Gasteiger partial charge in [0.05, 0.1) is 16.8 Å². The van der Waals surface area contributed by atoms with Gasteiger partial charge in [-0.15, -0.1) is 0 Å². The molecule has 2 aromatic heterocycles. The van der Waals surface area contributed by atoms with Gasteiger partial charge in [-0.25, -0.2) is 9.78 Å². The van der Waals surface area contributed by atoms with Crippen LogP contribution in [-0.2, 0) is 7.05 Å². The molecule has 0 radical (unpaired) electrons. The Labute approximate surface area is 110 Å². The molecular weight excluding hydrogens is 244 g/mol. The van der Waals surface area contributed by atoms with E-state index in [9.17, 15) is 9.90 Å². The number of carboxylic acid groups (broad SMARTS) is 1. The van der Waals surface area contributed by atoms with Crippen molar-refractivity contribution in [1.82, 2.24) is 14.8 Å². The van der Waals surface area contributed by atoms with Gasteiger partial charge in [-0.1, -0.05) is 0 Å². The molecule has 0 bridgehead atoms. The van der Waals surface area contributed by atoms with Crippen LogP contribution >= 0.6 is 0 Å². The van der Waals surface area contributed by atoms with Crippen LogP contribution in [0.15, 0.2) is 6.20 Å². The molecule has 0 atom stereocenters. The van der Waals surface area contributed by atoms with Crippen molar-refractivity contribution in [3.8, 4) is 0 Å². The van der Waals surface area contributed by atoms with Crippen molar-refractivity contribution in [3.05, 3.63) is 17.5 Å². The zero-order valence-corrected chi connectivity index (χ0v) is 11.0. The van der Waals surface area contributed by atoms with Crippen molar-refractivity contribution < 1.29 is 9.90 Å². The SMILES string of the molecule is Cc1nn(C)c2ncc(C(=O)O)c(NCC3CC3)c12. The maximum Gasteiger partial charge on any atom is 0.339 e. The summed E-state index contributed by atoms with van der Waals surface area (Å²) in [5, 5.41) is 17.7. The average molecular weight is 260 g/mol. The molecule has 2 aromatic rings. The third kappa shape index (κ3) is 2.03. The van der Waals surface area contributed by atoms with Crippen LogP contribution in [0.1, 0.15) is 28.9 Å². The van der Waals surface area contributed by atoms with Crippen LogP contribution in [0, 0.1) is 12.8 Å². The lowest BCUT2D eigenvalue weighted by Crippen LogP contribution is -2.10. The number of carboxylic acids is 1. The van der Waals surface area contributed by atoms with Gasteiger partial charge in [-0.05, 0) is 25.7 Å². The van der Waals surface area contributed by atoms with Crippen LogP contribution in [0.4, 0.5) is 5.69 Å². The number of aryl methyl sites for hydroxylation is 2. The van der Waals surface area contributed by atoms with Crippen LogP contribution in [0.5, 0.6) is 0 Å². The van der Waals surface area contributed by atoms with Crippen molar-refractivity contribution in [1.29, 1.82) is 0 Å². The summed E-state index contributed by atoms with van der Waals surface area (Å²) in [7, 11) is 1.81. The van der Waals surface area contributed by atoms with Crippen LogP contribution in [-0.4, -0.2) is 32.4 Å². The van der Waals surface area contributed by atoms with Gasteiger partial charge in [0.1, 0.15) is 5.56 Å². The summed E-state index contributed by atoms with van der Waals surface area (Å²) in [6.07, 6.45) is 3.84. The Balaban J connectivity index is 2.15. The first-order valence-corrected chi connectivity index (χ1v) is 6.37. The molecule has 1 aliphatic rings. The van der Waals surface area contributed by atoms with Gasteiger partial charge in [0.25, 0.3) is 0 Å². The van der Waals surface area contributed by atoms with E-state index in [0.717, 1.165) is 17.6 Å². The quantitative estimate of drug-likeness (QED) is 0.876. The first kappa shape index (κ1) is 12.0. The van der Waals surface area contributed by atoms with Crippen molar-refractivity contribution in [2.75, 3.05) is 11.9 Å². The molecule has 1 fully saturated rings. The number of aromatic carboxylic acids is 1. The summed E-state index contributed by atoms with van der Waals surface area (Å²) >= 11 is 0. The number of hydrogen-bond acceptors (Lipinski definition) is 4. The average Bonchev–Trinajstić information content (AvgIpc) is 3.13. The lowest BCUT2D eigenvalue weighted by Gasteiger charge is -2.10. The van der Waals surface area contributed by atoms with Gasteiger partial charge in [-0.3, -0.25) is 4.68 Å². The largest absolute Gasteiger partial charge is 0.478 e. The van der Waals surface area contributed by atoms with Gasteiger partial charge < -0.3 is 10.4 Å². The van der Waals surface area contributed by atoms with Gasteiger partial charge >= 0.3 is 5.97 Å². The molecule has 6 nitrogen and oxygen atoms in total. The zero-order valence-electron chi connectivity index (χ0n) is 11.0. The van der Waals surface area contributed by atoms with Gasteiger partial charge in [0.15, 0.2) is 5.65 Å². The summed E-state index contributed by atoms with van der Waals surface area (Å²) in [5.74, 6) is -0.294. The molecule has 2 heterocycles. The van der Waals surface area contributed by atoms with E-state index in [0.29, 0.717) is 17.3 Å². The van der Waals surface area contributed by atoms with E-state index in [1.54, 1.807) is 4.68 Å². The maximum atomic E-state index is 11.3. The van der Waals surface area contributed by atoms with E-state index in [2.05, 4.69) is 15.4 Å². The molecule has 2 N–H and O–H groups in total. The fraction of sp³-hybridized carbons (Fsp3) is 0.462. The number of fused-ring (bicyclic) bond motifs is 1. The van der Waals surface area contributed by atoms with Gasteiger partial charge in [-0.2, -0.15) is 5.10 Å². The molecule has 3 rings (SSSR count). The van der Waals surface area contributed by atoms with E-state index in [-0.39, 0.29) is 5.56 Å². The lowest BCUT2D eigenvalue weighted by atomic mass is 10.1. The van der Waals surface area contributed by atoms with Crippen molar-refractivity contribution >= 4 is 22.7 Å². The highest BCUT2D eigenvalue weighted by Crippen LogP contribution is 2.32. The highest BCUT2D eigenvalue weighted by atomic mass is 16.4. The topological polar surface area (TPSA) is 80.0 Å². The van der Waals surface area contributed by atoms with E-state index in [1.807, 2.05) is 14.0 Å². The number of carbonyl (C=O) groups is 1. The van der Waals surface area contributed by atoms with Crippen LogP contribution < -0.4 is 5.32 Å². The Morgan fingerprint density at radius 2 is 2.32 bits per heavy atom. The standard InChI is InChI=1S/C13H16N4O2/c1-7-10-11(14-5-8-3-4-8)9(13(18)19)6-15-12(10)17(2)16-7/h6,8H,3-5H2,1-2H3,(H,14,15)(H,18,19). The highest BCUT2D eigenvalue weighted by molar-refractivity contribution is 6.04. The van der Waals surface area contributed by atoms with E-state index in [4.69, 9.17) is 0 Å². The van der Waals surface area contributed by atoms with Crippen LogP contribution in [0.2, 0.25) is 0 Å². The molecule has 1 saturated carbocycles. The molecular formula is C13H16N4O2. The Morgan fingerprint density at radius 1 is 1.58 bits per heavy atom. The molecule has 0 saturated heterocycles. The number of aromatic nitrogens is 3. The molecule has 0 spiro atoms. The summed E-state index contributed by atoms with van der Waals surface area (Å²) < 4.78 is 1.68. The number of pyridine rings is 1. The second-order valence-electron chi connectivity index (χ2n) is 5.08. The molecule has 0 amide bonds. The summed E-state index contributed by atoms with van der Waals surface area (Å²) in [4.78, 5) is 15.5. The molecule has 1 aliphatic carbocycles. The van der Waals surface area contributed by atoms with E-state index >= 15 is 0 Å². The second kappa shape index (κ2) is 4.22. The van der Waals surface area contributed by atoms with Crippen molar-refractivity contribution in [3.63, 3.8) is 0 Å². The highest BCUT2D eigenvalue weighted by Gasteiger charge is 2.24. The molecule has 0 unspecified atom stereocenters. The Kier molecular flexibility index (Phi) is 2.66. The van der Waals surface area contributed by atoms with E-state index in [1.165, 1.54) is 19.0 Å². The molecule has 0 aliphatic heterocycles. The Hall–Kier alpha value is -2.11. The Morgan fingerprint density at radius 3 is 2.95 bits per heavy atom. The Bertz CT molecular complexity index is 658. The summed E-state index contributed by atoms with van der Waals surface area (Å²) in [5.41, 5.74) is 2.37. The number of nitrogens with zero attached hydrogens (tertiary/aromatic N) is 3. The monoisotopic (exact) mass is 260 g/mol. The molecule has 6 heteroatoms. The third-order valence-electron chi connectivity index (χ3n) is 3.52. The summed E-state index contributed by atoms with van der Waals surface area (Å²) in [6.45, 7) is 2.69. The fourth-order valence-electron chi connectivity index (χ4n) is 2.33. The van der Waals surface area contributed by atoms with Crippen molar-refractivity contribution in [2.45, 2.75) is 19.8 Å². The lowest BCUT2D eigenvalue weighted by molar-refractivity contribution is 0.0697. The number of anilines is 1. The first-order chi connectivity index (χ1) is 9.08. The maximum absolute atomic E-state index is 11.3.